The minimum absolute atomic E-state index is 0.0773. The number of nitrogens with two attached hydrogens (primary N) is 1. The third kappa shape index (κ3) is 3.79. The molecule has 0 radical (unpaired) electrons. The second-order valence-electron chi connectivity index (χ2n) is 9.06. The van der Waals surface area contributed by atoms with Crippen molar-refractivity contribution in [1.29, 1.82) is 0 Å². The summed E-state index contributed by atoms with van der Waals surface area (Å²) in [4.78, 5) is 31.8. The van der Waals surface area contributed by atoms with Crippen LogP contribution in [0.15, 0.2) is 90.2 Å². The first-order valence-corrected chi connectivity index (χ1v) is 12.0. The molecule has 0 saturated carbocycles. The predicted molar refractivity (Wildman–Crippen MR) is 145 cm³/mol. The highest BCUT2D eigenvalue weighted by Crippen LogP contribution is 2.29. The molecule has 38 heavy (non-hydrogen) atoms. The Bertz CT molecular complexity index is 1880. The zero-order chi connectivity index (χ0) is 26.4. The lowest BCUT2D eigenvalue weighted by molar-refractivity contribution is 0.0941. The molecule has 0 saturated heterocycles. The molecule has 4 aromatic heterocycles. The smallest absolute Gasteiger partial charge is 0.263 e. The molecule has 10 heteroatoms. The van der Waals surface area contributed by atoms with Crippen molar-refractivity contribution in [2.45, 2.75) is 13.0 Å². The molecule has 188 valence electrons. The molecule has 3 N–H and O–H groups in total. The minimum Gasteiger partial charge on any atom is -0.381 e. The number of benzene rings is 2. The number of carbonyl (C=O) groups is 1. The summed E-state index contributed by atoms with van der Waals surface area (Å²) in [7, 11) is 1.84. The highest BCUT2D eigenvalue weighted by molar-refractivity contribution is 6.04. The van der Waals surface area contributed by atoms with Crippen molar-refractivity contribution in [3.8, 4) is 16.8 Å². The number of nitrogen functional groups attached to an aromatic ring is 1. The van der Waals surface area contributed by atoms with Crippen LogP contribution in [-0.2, 0) is 7.05 Å². The summed E-state index contributed by atoms with van der Waals surface area (Å²) in [5, 5.41) is 12.8. The number of hydrogen-bond donors (Lipinski definition) is 2. The summed E-state index contributed by atoms with van der Waals surface area (Å²) in [6.07, 6.45) is 6.88. The van der Waals surface area contributed by atoms with Crippen LogP contribution in [0.4, 0.5) is 5.82 Å². The fourth-order valence-electron chi connectivity index (χ4n) is 4.81. The van der Waals surface area contributed by atoms with Crippen molar-refractivity contribution in [3.05, 3.63) is 107 Å². The number of anilines is 1. The Morgan fingerprint density at radius 1 is 1.08 bits per heavy atom. The van der Waals surface area contributed by atoms with Crippen LogP contribution in [0.1, 0.15) is 29.0 Å². The lowest BCUT2D eigenvalue weighted by Gasteiger charge is -2.21. The van der Waals surface area contributed by atoms with Gasteiger partial charge in [-0.2, -0.15) is 5.10 Å². The number of amides is 1. The van der Waals surface area contributed by atoms with Gasteiger partial charge in [-0.05, 0) is 42.1 Å². The Balaban J connectivity index is 1.51. The van der Waals surface area contributed by atoms with E-state index in [-0.39, 0.29) is 16.9 Å². The second-order valence-corrected chi connectivity index (χ2v) is 9.06. The average molecular weight is 505 g/mol. The molecule has 1 unspecified atom stereocenters. The Morgan fingerprint density at radius 2 is 1.89 bits per heavy atom. The first kappa shape index (κ1) is 23.2. The van der Waals surface area contributed by atoms with Crippen molar-refractivity contribution in [2.75, 3.05) is 5.73 Å². The van der Waals surface area contributed by atoms with Gasteiger partial charge in [0.1, 0.15) is 5.56 Å². The number of rotatable bonds is 5. The van der Waals surface area contributed by atoms with Crippen LogP contribution in [0.3, 0.4) is 0 Å². The van der Waals surface area contributed by atoms with Crippen molar-refractivity contribution < 1.29 is 4.79 Å². The van der Waals surface area contributed by atoms with Crippen LogP contribution in [0.2, 0.25) is 0 Å². The SMILES string of the molecule is CC(NC(=O)c1c(N)nn2cccnc12)c1cc2cccc(-c3cnn(C)c3)c2c(=O)n1-c1ccccc1. The summed E-state index contributed by atoms with van der Waals surface area (Å²) in [5.41, 5.74) is 9.36. The third-order valence-electron chi connectivity index (χ3n) is 6.55. The van der Waals surface area contributed by atoms with Crippen LogP contribution in [0, 0.1) is 0 Å². The lowest BCUT2D eigenvalue weighted by atomic mass is 9.99. The van der Waals surface area contributed by atoms with E-state index in [2.05, 4.69) is 20.5 Å². The van der Waals surface area contributed by atoms with E-state index in [1.165, 1.54) is 4.52 Å². The van der Waals surface area contributed by atoms with Crippen molar-refractivity contribution in [3.63, 3.8) is 0 Å². The number of pyridine rings is 1. The summed E-state index contributed by atoms with van der Waals surface area (Å²) < 4.78 is 4.81. The zero-order valence-electron chi connectivity index (χ0n) is 20.7. The summed E-state index contributed by atoms with van der Waals surface area (Å²) in [6.45, 7) is 1.83. The van der Waals surface area contributed by atoms with Crippen LogP contribution < -0.4 is 16.6 Å². The number of nitrogens with zero attached hydrogens (tertiary/aromatic N) is 6. The average Bonchev–Trinajstić information content (AvgIpc) is 3.50. The molecule has 4 heterocycles. The molecule has 6 rings (SSSR count). The summed E-state index contributed by atoms with van der Waals surface area (Å²) in [5.74, 6) is -0.353. The number of carbonyl (C=O) groups excluding carboxylic acids is 1. The van der Waals surface area contributed by atoms with Gasteiger partial charge in [0.05, 0.1) is 17.6 Å². The van der Waals surface area contributed by atoms with Gasteiger partial charge in [0.25, 0.3) is 11.5 Å². The monoisotopic (exact) mass is 504 g/mol. The van der Waals surface area contributed by atoms with Gasteiger partial charge in [-0.1, -0.05) is 36.4 Å². The molecule has 0 fully saturated rings. The Labute approximate surface area is 217 Å². The van der Waals surface area contributed by atoms with E-state index in [0.717, 1.165) is 16.5 Å². The number of hydrogen-bond acceptors (Lipinski definition) is 6. The van der Waals surface area contributed by atoms with E-state index >= 15 is 0 Å². The Hall–Kier alpha value is -5.25. The normalized spacial score (nSPS) is 12.2. The second kappa shape index (κ2) is 9.00. The van der Waals surface area contributed by atoms with Gasteiger partial charge in [0, 0.05) is 42.6 Å². The molecule has 1 atom stereocenters. The molecule has 6 aromatic rings. The van der Waals surface area contributed by atoms with Gasteiger partial charge in [0.15, 0.2) is 11.5 Å². The first-order chi connectivity index (χ1) is 18.4. The molecule has 0 spiro atoms. The first-order valence-electron chi connectivity index (χ1n) is 12.0. The fraction of sp³-hybridized carbons (Fsp3) is 0.107. The maximum Gasteiger partial charge on any atom is 0.263 e. The van der Waals surface area contributed by atoms with E-state index < -0.39 is 11.9 Å². The summed E-state index contributed by atoms with van der Waals surface area (Å²) in [6, 6.07) is 18.2. The highest BCUT2D eigenvalue weighted by Gasteiger charge is 2.24. The van der Waals surface area contributed by atoms with E-state index in [1.54, 1.807) is 33.9 Å². The van der Waals surface area contributed by atoms with Crippen LogP contribution in [-0.4, -0.2) is 34.9 Å². The van der Waals surface area contributed by atoms with E-state index in [1.807, 2.05) is 74.8 Å². The molecule has 0 aliphatic rings. The molecule has 2 aromatic carbocycles. The van der Waals surface area contributed by atoms with Gasteiger partial charge >= 0.3 is 0 Å². The molecular formula is C28H24N8O2. The zero-order valence-corrected chi connectivity index (χ0v) is 20.7. The Morgan fingerprint density at radius 3 is 2.66 bits per heavy atom. The molecule has 1 amide bonds. The van der Waals surface area contributed by atoms with E-state index in [4.69, 9.17) is 5.73 Å². The van der Waals surface area contributed by atoms with Crippen LogP contribution in [0.5, 0.6) is 0 Å². The molecule has 0 aliphatic heterocycles. The van der Waals surface area contributed by atoms with Gasteiger partial charge < -0.3 is 11.1 Å². The predicted octanol–water partition coefficient (Wildman–Crippen LogP) is 3.51. The van der Waals surface area contributed by atoms with Gasteiger partial charge in [-0.25, -0.2) is 9.50 Å². The van der Waals surface area contributed by atoms with Gasteiger partial charge in [-0.3, -0.25) is 18.8 Å². The molecule has 0 aliphatic carbocycles. The van der Waals surface area contributed by atoms with Gasteiger partial charge in [-0.15, -0.1) is 5.10 Å². The largest absolute Gasteiger partial charge is 0.381 e. The molecule has 10 nitrogen and oxygen atoms in total. The van der Waals surface area contributed by atoms with Crippen molar-refractivity contribution >= 4 is 28.1 Å². The van der Waals surface area contributed by atoms with E-state index in [0.29, 0.717) is 22.4 Å². The maximum atomic E-state index is 14.2. The number of fused-ring (bicyclic) bond motifs is 2. The van der Waals surface area contributed by atoms with Crippen molar-refractivity contribution in [1.82, 2.24) is 34.3 Å². The van der Waals surface area contributed by atoms with Crippen molar-refractivity contribution in [2.24, 2.45) is 7.05 Å². The minimum atomic E-state index is -0.556. The van der Waals surface area contributed by atoms with Crippen LogP contribution >= 0.6 is 0 Å². The maximum absolute atomic E-state index is 14.2. The number of aryl methyl sites for hydroxylation is 1. The summed E-state index contributed by atoms with van der Waals surface area (Å²) >= 11 is 0. The van der Waals surface area contributed by atoms with Crippen LogP contribution in [0.25, 0.3) is 33.2 Å². The highest BCUT2D eigenvalue weighted by atomic mass is 16.2. The van der Waals surface area contributed by atoms with E-state index in [9.17, 15) is 9.59 Å². The number of aromatic nitrogens is 6. The number of para-hydroxylation sites is 1. The van der Waals surface area contributed by atoms with Gasteiger partial charge in [0.2, 0.25) is 0 Å². The standard InChI is InChI=1S/C28H24N8O2/c1-17(32-27(37)24-25(29)33-35-13-7-12-30-26(24)35)22-14-18-8-6-11-21(19-15-31-34(2)16-19)23(18)28(38)36(22)20-9-4-3-5-10-20/h3-17H,1-2H3,(H2,29,33)(H,32,37). The topological polar surface area (TPSA) is 125 Å². The number of nitrogens with one attached hydrogen (secondary N) is 1. The fourth-order valence-corrected chi connectivity index (χ4v) is 4.81. The molecular weight excluding hydrogens is 480 g/mol. The third-order valence-corrected chi connectivity index (χ3v) is 6.55. The molecule has 0 bridgehead atoms. The lowest BCUT2D eigenvalue weighted by Crippen LogP contribution is -2.32. The quantitative estimate of drug-likeness (QED) is 0.370. The Kier molecular flexibility index (Phi) is 5.49.